The summed E-state index contributed by atoms with van der Waals surface area (Å²) < 4.78 is 0. The second kappa shape index (κ2) is 6.75. The third-order valence-corrected chi connectivity index (χ3v) is 3.75. The van der Waals surface area contributed by atoms with Gasteiger partial charge in [-0.05, 0) is 69.3 Å². The van der Waals surface area contributed by atoms with Crippen molar-refractivity contribution < 1.29 is 0 Å². The quantitative estimate of drug-likeness (QED) is 0.789. The molecule has 0 spiro atoms. The first-order valence-corrected chi connectivity index (χ1v) is 6.97. The molecule has 0 aliphatic carbocycles. The first-order chi connectivity index (χ1) is 8.34. The molecule has 1 fully saturated rings. The molecule has 0 aromatic carbocycles. The molecule has 1 aliphatic heterocycles. The fourth-order valence-electron chi connectivity index (χ4n) is 2.69. The zero-order chi connectivity index (χ0) is 11.9. The van der Waals surface area contributed by atoms with Gasteiger partial charge >= 0.3 is 0 Å². The summed E-state index contributed by atoms with van der Waals surface area (Å²) in [6.07, 6.45) is 10.0. The molecule has 1 aromatic rings. The smallest absolute Gasteiger partial charge is 0.0375 e. The summed E-state index contributed by atoms with van der Waals surface area (Å²) in [6.45, 7) is 4.53. The van der Waals surface area contributed by atoms with Crippen LogP contribution in [0, 0.1) is 12.8 Å². The van der Waals surface area contributed by atoms with Crippen molar-refractivity contribution in [3.05, 3.63) is 29.6 Å². The number of nitrogens with one attached hydrogen (secondary N) is 1. The summed E-state index contributed by atoms with van der Waals surface area (Å²) in [5, 5.41) is 3.43. The summed E-state index contributed by atoms with van der Waals surface area (Å²) in [6, 6.07) is 4.36. The largest absolute Gasteiger partial charge is 0.317 e. The Bertz CT molecular complexity index is 329. The molecule has 1 N–H and O–H groups in total. The number of hydrogen-bond donors (Lipinski definition) is 1. The maximum absolute atomic E-state index is 4.23. The highest BCUT2D eigenvalue weighted by atomic mass is 14.9. The standard InChI is InChI=1S/C15H24N2/c1-13-12-15(8-11-17-13)5-3-2-4-14-6-9-16-10-7-14/h8,11-12,14,16H,2-7,9-10H2,1H3. The number of unbranched alkanes of at least 4 members (excludes halogenated alkanes) is 1. The SMILES string of the molecule is Cc1cc(CCCCC2CCNCC2)ccn1. The van der Waals surface area contributed by atoms with Gasteiger partial charge in [0.15, 0.2) is 0 Å². The third kappa shape index (κ3) is 4.47. The van der Waals surface area contributed by atoms with Crippen LogP contribution in [0.15, 0.2) is 18.3 Å². The molecule has 2 rings (SSSR count). The van der Waals surface area contributed by atoms with Crippen LogP contribution >= 0.6 is 0 Å². The molecule has 1 aliphatic rings. The molecule has 0 bridgehead atoms. The van der Waals surface area contributed by atoms with Gasteiger partial charge in [-0.3, -0.25) is 4.98 Å². The van der Waals surface area contributed by atoms with E-state index in [9.17, 15) is 0 Å². The van der Waals surface area contributed by atoms with Gasteiger partial charge in [-0.25, -0.2) is 0 Å². The van der Waals surface area contributed by atoms with Crippen LogP contribution < -0.4 is 5.32 Å². The topological polar surface area (TPSA) is 24.9 Å². The Morgan fingerprint density at radius 2 is 2.12 bits per heavy atom. The second-order valence-corrected chi connectivity index (χ2v) is 5.24. The lowest BCUT2D eigenvalue weighted by Crippen LogP contribution is -2.27. The van der Waals surface area contributed by atoms with Gasteiger partial charge in [-0.2, -0.15) is 0 Å². The van der Waals surface area contributed by atoms with Crippen molar-refractivity contribution in [1.29, 1.82) is 0 Å². The van der Waals surface area contributed by atoms with Gasteiger partial charge in [-0.1, -0.05) is 12.8 Å². The lowest BCUT2D eigenvalue weighted by Gasteiger charge is -2.22. The van der Waals surface area contributed by atoms with E-state index in [2.05, 4.69) is 29.4 Å². The molecule has 0 atom stereocenters. The maximum Gasteiger partial charge on any atom is 0.0375 e. The van der Waals surface area contributed by atoms with Gasteiger partial charge < -0.3 is 5.32 Å². The van der Waals surface area contributed by atoms with Gasteiger partial charge in [-0.15, -0.1) is 0 Å². The average Bonchev–Trinajstić information content (AvgIpc) is 2.36. The van der Waals surface area contributed by atoms with E-state index in [0.29, 0.717) is 0 Å². The Morgan fingerprint density at radius 1 is 1.29 bits per heavy atom. The van der Waals surface area contributed by atoms with Crippen LogP contribution in [0.4, 0.5) is 0 Å². The Labute approximate surface area is 105 Å². The van der Waals surface area contributed by atoms with Crippen LogP contribution in [0.25, 0.3) is 0 Å². The molecule has 0 radical (unpaired) electrons. The molecule has 17 heavy (non-hydrogen) atoms. The fraction of sp³-hybridized carbons (Fsp3) is 0.667. The van der Waals surface area contributed by atoms with Crippen molar-refractivity contribution in [2.45, 2.75) is 45.4 Å². The van der Waals surface area contributed by atoms with E-state index < -0.39 is 0 Å². The molecular formula is C15H24N2. The minimum Gasteiger partial charge on any atom is -0.317 e. The normalized spacial score (nSPS) is 17.2. The van der Waals surface area contributed by atoms with E-state index in [0.717, 1.165) is 11.6 Å². The second-order valence-electron chi connectivity index (χ2n) is 5.24. The zero-order valence-corrected chi connectivity index (χ0v) is 10.9. The predicted molar refractivity (Wildman–Crippen MR) is 72.1 cm³/mol. The van der Waals surface area contributed by atoms with Crippen molar-refractivity contribution in [3.63, 3.8) is 0 Å². The monoisotopic (exact) mass is 232 g/mol. The Balaban J connectivity index is 1.62. The molecule has 1 saturated heterocycles. The lowest BCUT2D eigenvalue weighted by molar-refractivity contribution is 0.344. The van der Waals surface area contributed by atoms with Crippen molar-refractivity contribution in [2.24, 2.45) is 5.92 Å². The van der Waals surface area contributed by atoms with Crippen molar-refractivity contribution in [2.75, 3.05) is 13.1 Å². The Hall–Kier alpha value is -0.890. The number of aryl methyl sites for hydroxylation is 2. The summed E-state index contributed by atoms with van der Waals surface area (Å²) in [5.41, 5.74) is 2.59. The molecule has 2 heteroatoms. The highest BCUT2D eigenvalue weighted by molar-refractivity contribution is 5.15. The van der Waals surface area contributed by atoms with Crippen molar-refractivity contribution in [1.82, 2.24) is 10.3 Å². The molecule has 0 saturated carbocycles. The molecule has 2 nitrogen and oxygen atoms in total. The van der Waals surface area contributed by atoms with Crippen molar-refractivity contribution in [3.8, 4) is 0 Å². The molecule has 0 unspecified atom stereocenters. The van der Waals surface area contributed by atoms with E-state index in [4.69, 9.17) is 0 Å². The number of rotatable bonds is 5. The van der Waals surface area contributed by atoms with Crippen LogP contribution in [-0.2, 0) is 6.42 Å². The van der Waals surface area contributed by atoms with Crippen LogP contribution in [0.5, 0.6) is 0 Å². The van der Waals surface area contributed by atoms with Crippen LogP contribution in [-0.4, -0.2) is 18.1 Å². The van der Waals surface area contributed by atoms with E-state index >= 15 is 0 Å². The van der Waals surface area contributed by atoms with Gasteiger partial charge in [0.1, 0.15) is 0 Å². The van der Waals surface area contributed by atoms with E-state index in [1.807, 2.05) is 6.20 Å². The first-order valence-electron chi connectivity index (χ1n) is 6.97. The molecule has 0 amide bonds. The van der Waals surface area contributed by atoms with Gasteiger partial charge in [0, 0.05) is 11.9 Å². The maximum atomic E-state index is 4.23. The number of aromatic nitrogens is 1. The fourth-order valence-corrected chi connectivity index (χ4v) is 2.69. The van der Waals surface area contributed by atoms with Crippen molar-refractivity contribution >= 4 is 0 Å². The predicted octanol–water partition coefficient (Wildman–Crippen LogP) is 3.10. The molecular weight excluding hydrogens is 208 g/mol. The van der Waals surface area contributed by atoms with E-state index in [1.165, 1.54) is 57.2 Å². The van der Waals surface area contributed by atoms with Crippen LogP contribution in [0.2, 0.25) is 0 Å². The van der Waals surface area contributed by atoms with Gasteiger partial charge in [0.25, 0.3) is 0 Å². The number of hydrogen-bond acceptors (Lipinski definition) is 2. The van der Waals surface area contributed by atoms with E-state index in [-0.39, 0.29) is 0 Å². The van der Waals surface area contributed by atoms with Gasteiger partial charge in [0.05, 0.1) is 0 Å². The Kier molecular flexibility index (Phi) is 4.99. The summed E-state index contributed by atoms with van der Waals surface area (Å²) in [4.78, 5) is 4.23. The highest BCUT2D eigenvalue weighted by Gasteiger charge is 2.11. The third-order valence-electron chi connectivity index (χ3n) is 3.75. The van der Waals surface area contributed by atoms with Gasteiger partial charge in [0.2, 0.25) is 0 Å². The minimum atomic E-state index is 0.982. The van der Waals surface area contributed by atoms with Crippen LogP contribution in [0.1, 0.15) is 43.4 Å². The summed E-state index contributed by atoms with van der Waals surface area (Å²) in [7, 11) is 0. The first kappa shape index (κ1) is 12.6. The van der Waals surface area contributed by atoms with Crippen LogP contribution in [0.3, 0.4) is 0 Å². The highest BCUT2D eigenvalue weighted by Crippen LogP contribution is 2.19. The average molecular weight is 232 g/mol. The minimum absolute atomic E-state index is 0.982. The molecule has 94 valence electrons. The summed E-state index contributed by atoms with van der Waals surface area (Å²) in [5.74, 6) is 0.982. The lowest BCUT2D eigenvalue weighted by atomic mass is 9.92. The summed E-state index contributed by atoms with van der Waals surface area (Å²) >= 11 is 0. The van der Waals surface area contributed by atoms with E-state index in [1.54, 1.807) is 0 Å². The zero-order valence-electron chi connectivity index (χ0n) is 10.9. The Morgan fingerprint density at radius 3 is 2.88 bits per heavy atom. The molecule has 1 aromatic heterocycles. The number of pyridine rings is 1. The number of nitrogens with zero attached hydrogens (tertiary/aromatic N) is 1. The molecule has 2 heterocycles. The number of piperidine rings is 1.